The quantitative estimate of drug-likeness (QED) is 0.276. The van der Waals surface area contributed by atoms with Gasteiger partial charge in [0.05, 0.1) is 13.2 Å². The van der Waals surface area contributed by atoms with Gasteiger partial charge in [-0.2, -0.15) is 0 Å². The Hall–Kier alpha value is -0.126. The van der Waals surface area contributed by atoms with Gasteiger partial charge in [-0.1, -0.05) is 89.0 Å². The van der Waals surface area contributed by atoms with Gasteiger partial charge >= 0.3 is 0 Å². The molecule has 0 aromatic carbocycles. The minimum absolute atomic E-state index is 0.156. The van der Waals surface area contributed by atoms with Crippen molar-refractivity contribution >= 4 is 16.6 Å². The highest BCUT2D eigenvalue weighted by Gasteiger charge is 2.49. The first-order chi connectivity index (χ1) is 12.6. The molecular formula is C23H48O3Si2. The number of aliphatic hydroxyl groups is 1. The van der Waals surface area contributed by atoms with Gasteiger partial charge in [0.25, 0.3) is 0 Å². The highest BCUT2D eigenvalue weighted by molar-refractivity contribution is 6.78. The summed E-state index contributed by atoms with van der Waals surface area (Å²) in [4.78, 5) is 0. The second kappa shape index (κ2) is 10.8. The van der Waals surface area contributed by atoms with Crippen LogP contribution in [-0.2, 0) is 8.85 Å². The molecule has 0 radical (unpaired) electrons. The first-order valence-corrected chi connectivity index (χ1v) is 15.4. The Bertz CT molecular complexity index is 425. The second-order valence-electron chi connectivity index (χ2n) is 10.4. The lowest BCUT2D eigenvalue weighted by Crippen LogP contribution is -2.54. The van der Waals surface area contributed by atoms with E-state index in [1.54, 1.807) is 0 Å². The predicted molar refractivity (Wildman–Crippen MR) is 128 cm³/mol. The molecule has 1 N–H and O–H groups in total. The molecular weight excluding hydrogens is 380 g/mol. The van der Waals surface area contributed by atoms with E-state index < -0.39 is 22.2 Å². The van der Waals surface area contributed by atoms with E-state index in [0.717, 1.165) is 0 Å². The van der Waals surface area contributed by atoms with Gasteiger partial charge < -0.3 is 14.0 Å². The Balaban J connectivity index is 5.62. The van der Waals surface area contributed by atoms with Crippen LogP contribution in [0.25, 0.3) is 0 Å². The van der Waals surface area contributed by atoms with Crippen molar-refractivity contribution in [1.29, 1.82) is 0 Å². The molecule has 0 aromatic rings. The van der Waals surface area contributed by atoms with Gasteiger partial charge in [-0.3, -0.25) is 0 Å². The molecule has 166 valence electrons. The lowest BCUT2D eigenvalue weighted by molar-refractivity contribution is -0.00349. The molecule has 0 unspecified atom stereocenters. The van der Waals surface area contributed by atoms with Crippen LogP contribution >= 0.6 is 0 Å². The third-order valence-corrected chi connectivity index (χ3v) is 18.9. The first-order valence-electron chi connectivity index (χ1n) is 11.1. The molecule has 0 amide bonds. The average molecular weight is 429 g/mol. The maximum Gasteiger partial charge on any atom is 0.200 e. The minimum Gasteiger partial charge on any atom is -0.412 e. The summed E-state index contributed by atoms with van der Waals surface area (Å²) in [6, 6.07) is 0. The summed E-state index contributed by atoms with van der Waals surface area (Å²) in [7, 11) is -4.19. The van der Waals surface area contributed by atoms with E-state index in [2.05, 4.69) is 89.0 Å². The average Bonchev–Trinajstić information content (AvgIpc) is 2.53. The molecule has 0 aliphatic rings. The predicted octanol–water partition coefficient (Wildman–Crippen LogP) is 6.73. The Morgan fingerprint density at radius 3 is 1.00 bits per heavy atom. The fourth-order valence-electron chi connectivity index (χ4n) is 5.61. The molecule has 0 saturated carbocycles. The van der Waals surface area contributed by atoms with Gasteiger partial charge in [0.15, 0.2) is 5.60 Å². The van der Waals surface area contributed by atoms with E-state index in [1.165, 1.54) is 0 Å². The molecule has 5 heteroatoms. The summed E-state index contributed by atoms with van der Waals surface area (Å²) in [5.41, 5.74) is 1.32. The normalized spacial score (nSPS) is 14.2. The standard InChI is InChI=1S/C23H48O3Si2/c1-14-23(24,15-25-27(17(2)3,18(4)5)19(6)7)16-26-28(20(8)9,21(10)11)22(12)13/h1,17-22,24H,15-16H2,2-13H3. The van der Waals surface area contributed by atoms with Crippen LogP contribution in [0.4, 0.5) is 0 Å². The van der Waals surface area contributed by atoms with E-state index in [-0.39, 0.29) is 13.2 Å². The van der Waals surface area contributed by atoms with Crippen LogP contribution in [0.1, 0.15) is 83.1 Å². The number of hydrogen-bond donors (Lipinski definition) is 1. The fraction of sp³-hybridized carbons (Fsp3) is 0.913. The molecule has 0 fully saturated rings. The van der Waals surface area contributed by atoms with E-state index in [4.69, 9.17) is 15.3 Å². The van der Waals surface area contributed by atoms with Crippen molar-refractivity contribution in [2.45, 2.75) is 122 Å². The van der Waals surface area contributed by atoms with Crippen LogP contribution in [0.15, 0.2) is 0 Å². The summed E-state index contributed by atoms with van der Waals surface area (Å²) >= 11 is 0. The smallest absolute Gasteiger partial charge is 0.200 e. The van der Waals surface area contributed by atoms with E-state index in [9.17, 15) is 5.11 Å². The van der Waals surface area contributed by atoms with Crippen LogP contribution in [-0.4, -0.2) is 40.6 Å². The summed E-state index contributed by atoms with van der Waals surface area (Å²) in [5.74, 6) is 2.61. The Kier molecular flexibility index (Phi) is 10.7. The third kappa shape index (κ3) is 5.73. The number of rotatable bonds is 12. The van der Waals surface area contributed by atoms with Crippen LogP contribution in [0.5, 0.6) is 0 Å². The van der Waals surface area contributed by atoms with Gasteiger partial charge in [-0.15, -0.1) is 6.42 Å². The highest BCUT2D eigenvalue weighted by atomic mass is 28.4. The van der Waals surface area contributed by atoms with E-state index in [0.29, 0.717) is 33.2 Å². The maximum absolute atomic E-state index is 11.2. The van der Waals surface area contributed by atoms with Crippen molar-refractivity contribution in [3.8, 4) is 12.3 Å². The second-order valence-corrected chi connectivity index (χ2v) is 21.3. The summed E-state index contributed by atoms with van der Waals surface area (Å²) in [5, 5.41) is 11.2. The maximum atomic E-state index is 11.2. The Labute approximate surface area is 178 Å². The number of hydrogen-bond acceptors (Lipinski definition) is 3. The zero-order valence-electron chi connectivity index (χ0n) is 20.7. The van der Waals surface area contributed by atoms with Crippen molar-refractivity contribution in [2.24, 2.45) is 0 Å². The van der Waals surface area contributed by atoms with Crippen molar-refractivity contribution < 1.29 is 14.0 Å². The van der Waals surface area contributed by atoms with Crippen LogP contribution in [0.3, 0.4) is 0 Å². The molecule has 0 aliphatic carbocycles. The van der Waals surface area contributed by atoms with Crippen molar-refractivity contribution in [1.82, 2.24) is 0 Å². The zero-order valence-corrected chi connectivity index (χ0v) is 22.7. The molecule has 0 bridgehead atoms. The van der Waals surface area contributed by atoms with Gasteiger partial charge in [-0.05, 0) is 33.2 Å². The molecule has 0 spiro atoms. The van der Waals surface area contributed by atoms with Crippen molar-refractivity contribution in [3.05, 3.63) is 0 Å². The van der Waals surface area contributed by atoms with Crippen LogP contribution in [0, 0.1) is 12.3 Å². The fourth-order valence-corrected chi connectivity index (χ4v) is 16.6. The van der Waals surface area contributed by atoms with Gasteiger partial charge in [0.1, 0.15) is 0 Å². The van der Waals surface area contributed by atoms with Gasteiger partial charge in [-0.25, -0.2) is 0 Å². The topological polar surface area (TPSA) is 38.7 Å². The van der Waals surface area contributed by atoms with Gasteiger partial charge in [0.2, 0.25) is 16.6 Å². The molecule has 3 nitrogen and oxygen atoms in total. The lowest BCUT2D eigenvalue weighted by Gasteiger charge is -2.45. The van der Waals surface area contributed by atoms with Gasteiger partial charge in [0, 0.05) is 0 Å². The Morgan fingerprint density at radius 2 is 0.857 bits per heavy atom. The largest absolute Gasteiger partial charge is 0.412 e. The summed E-state index contributed by atoms with van der Waals surface area (Å²) in [6.07, 6.45) is 5.79. The highest BCUT2D eigenvalue weighted by Crippen LogP contribution is 2.44. The summed E-state index contributed by atoms with van der Waals surface area (Å²) < 4.78 is 13.2. The lowest BCUT2D eigenvalue weighted by atomic mass is 10.1. The molecule has 28 heavy (non-hydrogen) atoms. The third-order valence-electron chi connectivity index (χ3n) is 6.80. The molecule has 0 aromatic heterocycles. The molecule has 0 atom stereocenters. The Morgan fingerprint density at radius 1 is 0.643 bits per heavy atom. The van der Waals surface area contributed by atoms with Crippen LogP contribution in [0.2, 0.25) is 33.2 Å². The SMILES string of the molecule is C#CC(O)(CO[Si](C(C)C)(C(C)C)C(C)C)CO[Si](C(C)C)(C(C)C)C(C)C. The first kappa shape index (κ1) is 27.9. The van der Waals surface area contributed by atoms with Crippen LogP contribution < -0.4 is 0 Å². The molecule has 0 heterocycles. The molecule has 0 saturated heterocycles. The van der Waals surface area contributed by atoms with E-state index >= 15 is 0 Å². The minimum atomic E-state index is -2.09. The number of terminal acetylenes is 1. The molecule has 0 rings (SSSR count). The van der Waals surface area contributed by atoms with Crippen molar-refractivity contribution in [3.63, 3.8) is 0 Å². The van der Waals surface area contributed by atoms with E-state index in [1.807, 2.05) is 0 Å². The van der Waals surface area contributed by atoms with Crippen molar-refractivity contribution in [2.75, 3.05) is 13.2 Å². The molecule has 0 aliphatic heterocycles. The monoisotopic (exact) mass is 428 g/mol. The summed E-state index contributed by atoms with van der Waals surface area (Å²) in [6.45, 7) is 27.2. The zero-order chi connectivity index (χ0) is 22.5.